The zero-order valence-corrected chi connectivity index (χ0v) is 10.3. The Kier molecular flexibility index (Phi) is 4.22. The quantitative estimate of drug-likeness (QED) is 0.718. The maximum atomic E-state index is 12.1. The Morgan fingerprint density at radius 1 is 1.31 bits per heavy atom. The van der Waals surface area contributed by atoms with E-state index >= 15 is 0 Å². The topological polar surface area (TPSA) is 29.5 Å². The van der Waals surface area contributed by atoms with Crippen LogP contribution in [0.5, 0.6) is 0 Å². The summed E-state index contributed by atoms with van der Waals surface area (Å²) in [5.74, 6) is 0.316. The molecule has 1 heterocycles. The molecule has 0 bridgehead atoms. The molecular weight excluding hydrogens is 202 g/mol. The molecule has 1 saturated carbocycles. The summed E-state index contributed by atoms with van der Waals surface area (Å²) < 4.78 is 5.63. The monoisotopic (exact) mass is 225 g/mol. The number of amides is 1. The lowest BCUT2D eigenvalue weighted by molar-refractivity contribution is -0.135. The van der Waals surface area contributed by atoms with Gasteiger partial charge in [-0.15, -0.1) is 0 Å². The van der Waals surface area contributed by atoms with E-state index in [-0.39, 0.29) is 6.10 Å². The van der Waals surface area contributed by atoms with Gasteiger partial charge in [-0.05, 0) is 38.5 Å². The van der Waals surface area contributed by atoms with E-state index in [1.54, 1.807) is 0 Å². The van der Waals surface area contributed by atoms with Gasteiger partial charge in [0.05, 0.1) is 12.5 Å². The van der Waals surface area contributed by atoms with E-state index in [1.165, 1.54) is 19.3 Å². The number of nitrogens with zero attached hydrogens (tertiary/aromatic N) is 1. The Bertz CT molecular complexity index is 232. The lowest BCUT2D eigenvalue weighted by Gasteiger charge is -2.27. The van der Waals surface area contributed by atoms with Crippen LogP contribution in [0.4, 0.5) is 0 Å². The first-order valence-electron chi connectivity index (χ1n) is 6.72. The second kappa shape index (κ2) is 5.67. The van der Waals surface area contributed by atoms with Gasteiger partial charge >= 0.3 is 0 Å². The van der Waals surface area contributed by atoms with Gasteiger partial charge < -0.3 is 9.64 Å². The predicted octanol–water partition coefficient (Wildman–Crippen LogP) is 2.35. The first-order chi connectivity index (χ1) is 7.81. The van der Waals surface area contributed by atoms with E-state index in [0.717, 1.165) is 32.4 Å². The van der Waals surface area contributed by atoms with Crippen LogP contribution in [-0.2, 0) is 9.53 Å². The zero-order valence-electron chi connectivity index (χ0n) is 10.3. The normalized spacial score (nSPS) is 25.4. The molecular formula is C13H23NO2. The van der Waals surface area contributed by atoms with E-state index in [0.29, 0.717) is 18.4 Å². The van der Waals surface area contributed by atoms with Gasteiger partial charge in [-0.25, -0.2) is 0 Å². The molecule has 0 radical (unpaired) electrons. The van der Waals surface area contributed by atoms with Crippen molar-refractivity contribution in [2.75, 3.05) is 13.2 Å². The van der Waals surface area contributed by atoms with Crippen molar-refractivity contribution in [2.24, 2.45) is 0 Å². The third kappa shape index (κ3) is 3.21. The van der Waals surface area contributed by atoms with Gasteiger partial charge in [0, 0.05) is 19.2 Å². The summed E-state index contributed by atoms with van der Waals surface area (Å²) in [6.07, 6.45) is 7.72. The predicted molar refractivity (Wildman–Crippen MR) is 63.2 cm³/mol. The summed E-state index contributed by atoms with van der Waals surface area (Å²) in [7, 11) is 0. The van der Waals surface area contributed by atoms with Crippen molar-refractivity contribution in [2.45, 2.75) is 64.0 Å². The van der Waals surface area contributed by atoms with Crippen LogP contribution in [-0.4, -0.2) is 36.1 Å². The van der Waals surface area contributed by atoms with Crippen molar-refractivity contribution in [1.29, 1.82) is 0 Å². The smallest absolute Gasteiger partial charge is 0.225 e. The Hall–Kier alpha value is -0.570. The molecule has 1 unspecified atom stereocenters. The van der Waals surface area contributed by atoms with Crippen LogP contribution in [0.3, 0.4) is 0 Å². The number of carbonyl (C=O) groups is 1. The summed E-state index contributed by atoms with van der Waals surface area (Å²) in [6.45, 7) is 3.91. The van der Waals surface area contributed by atoms with E-state index < -0.39 is 0 Å². The number of rotatable bonds is 5. The molecule has 0 N–H and O–H groups in total. The fourth-order valence-corrected chi connectivity index (χ4v) is 2.42. The minimum atomic E-state index is 0.194. The van der Waals surface area contributed by atoms with Gasteiger partial charge in [-0.2, -0.15) is 0 Å². The highest BCUT2D eigenvalue weighted by Gasteiger charge is 2.32. The van der Waals surface area contributed by atoms with E-state index in [1.807, 2.05) is 0 Å². The van der Waals surface area contributed by atoms with Crippen LogP contribution < -0.4 is 0 Å². The second-order valence-corrected chi connectivity index (χ2v) is 5.01. The first-order valence-corrected chi connectivity index (χ1v) is 6.72. The summed E-state index contributed by atoms with van der Waals surface area (Å²) in [5, 5.41) is 0. The number of ether oxygens (including phenoxy) is 1. The summed E-state index contributed by atoms with van der Waals surface area (Å²) in [5.41, 5.74) is 0. The molecule has 0 spiro atoms. The molecule has 0 aromatic rings. The minimum absolute atomic E-state index is 0.194. The largest absolute Gasteiger partial charge is 0.378 e. The summed E-state index contributed by atoms with van der Waals surface area (Å²) >= 11 is 0. The molecule has 1 amide bonds. The minimum Gasteiger partial charge on any atom is -0.378 e. The molecule has 2 fully saturated rings. The number of carbonyl (C=O) groups excluding carboxylic acids is 1. The average Bonchev–Trinajstić information content (AvgIpc) is 3.11. The number of hydrogen-bond acceptors (Lipinski definition) is 2. The molecule has 2 aliphatic rings. The Morgan fingerprint density at radius 3 is 2.69 bits per heavy atom. The lowest BCUT2D eigenvalue weighted by Crippen LogP contribution is -2.37. The Morgan fingerprint density at radius 2 is 2.12 bits per heavy atom. The second-order valence-electron chi connectivity index (χ2n) is 5.01. The Balaban J connectivity index is 1.79. The van der Waals surface area contributed by atoms with Crippen molar-refractivity contribution < 1.29 is 9.53 Å². The highest BCUT2D eigenvalue weighted by atomic mass is 16.5. The molecule has 0 aromatic heterocycles. The van der Waals surface area contributed by atoms with Crippen molar-refractivity contribution in [3.63, 3.8) is 0 Å². The van der Waals surface area contributed by atoms with Crippen LogP contribution in [0.1, 0.15) is 51.9 Å². The average molecular weight is 225 g/mol. The van der Waals surface area contributed by atoms with Crippen LogP contribution in [0, 0.1) is 0 Å². The maximum absolute atomic E-state index is 12.1. The van der Waals surface area contributed by atoms with Crippen LogP contribution in [0.15, 0.2) is 0 Å². The van der Waals surface area contributed by atoms with E-state index in [9.17, 15) is 4.79 Å². The van der Waals surface area contributed by atoms with E-state index in [2.05, 4.69) is 11.8 Å². The third-order valence-corrected chi connectivity index (χ3v) is 3.45. The summed E-state index contributed by atoms with van der Waals surface area (Å²) in [6, 6.07) is 0.552. The van der Waals surface area contributed by atoms with Crippen molar-refractivity contribution in [1.82, 2.24) is 4.90 Å². The standard InChI is InChI=1S/C13H23NO2/c1-2-8-14(11-6-7-11)13(15)10-12-5-3-4-9-16-12/h11-12H,2-10H2,1H3. The molecule has 2 rings (SSSR count). The van der Waals surface area contributed by atoms with Crippen molar-refractivity contribution in [3.05, 3.63) is 0 Å². The van der Waals surface area contributed by atoms with Gasteiger partial charge in [0.25, 0.3) is 0 Å². The van der Waals surface area contributed by atoms with Gasteiger partial charge in [-0.1, -0.05) is 6.92 Å². The van der Waals surface area contributed by atoms with Gasteiger partial charge in [0.1, 0.15) is 0 Å². The van der Waals surface area contributed by atoms with Gasteiger partial charge in [0.15, 0.2) is 0 Å². The fourth-order valence-electron chi connectivity index (χ4n) is 2.42. The molecule has 1 atom stereocenters. The molecule has 1 aliphatic heterocycles. The maximum Gasteiger partial charge on any atom is 0.225 e. The van der Waals surface area contributed by atoms with Crippen LogP contribution in [0.2, 0.25) is 0 Å². The fraction of sp³-hybridized carbons (Fsp3) is 0.923. The molecule has 1 saturated heterocycles. The van der Waals surface area contributed by atoms with Gasteiger partial charge in [-0.3, -0.25) is 4.79 Å². The SMILES string of the molecule is CCCN(C(=O)CC1CCCCO1)C1CC1. The summed E-state index contributed by atoms with van der Waals surface area (Å²) in [4.78, 5) is 14.2. The highest BCUT2D eigenvalue weighted by molar-refractivity contribution is 5.77. The van der Waals surface area contributed by atoms with Crippen LogP contribution in [0.25, 0.3) is 0 Å². The van der Waals surface area contributed by atoms with Gasteiger partial charge in [0.2, 0.25) is 5.91 Å². The van der Waals surface area contributed by atoms with E-state index in [4.69, 9.17) is 4.74 Å². The molecule has 0 aromatic carbocycles. The van der Waals surface area contributed by atoms with Crippen LogP contribution >= 0.6 is 0 Å². The Labute approximate surface area is 98.1 Å². The molecule has 16 heavy (non-hydrogen) atoms. The lowest BCUT2D eigenvalue weighted by atomic mass is 10.1. The zero-order chi connectivity index (χ0) is 11.4. The molecule has 92 valence electrons. The van der Waals surface area contributed by atoms with Crippen molar-refractivity contribution in [3.8, 4) is 0 Å². The highest BCUT2D eigenvalue weighted by Crippen LogP contribution is 2.28. The number of hydrogen-bond donors (Lipinski definition) is 0. The molecule has 3 nitrogen and oxygen atoms in total. The first kappa shape index (κ1) is 11.9. The van der Waals surface area contributed by atoms with Crippen molar-refractivity contribution >= 4 is 5.91 Å². The third-order valence-electron chi connectivity index (χ3n) is 3.45. The molecule has 3 heteroatoms. The molecule has 1 aliphatic carbocycles.